The number of rotatable bonds is 1. The Kier molecular flexibility index (Phi) is 2.40. The van der Waals surface area contributed by atoms with Gasteiger partial charge >= 0.3 is 0 Å². The summed E-state index contributed by atoms with van der Waals surface area (Å²) in [5.74, 6) is 0.0463. The smallest absolute Gasteiger partial charge is 0.260 e. The normalized spacial score (nSPS) is 13.9. The van der Waals surface area contributed by atoms with Gasteiger partial charge in [-0.05, 0) is 37.1 Å². The standard InChI is InChI=1S/C15H14N2O/c1-10-3-4-14(11(2)7-10)17-9-12-5-6-16-8-13(12)15(17)18/h3-8H,9H2,1-2H3. The van der Waals surface area contributed by atoms with Gasteiger partial charge < -0.3 is 4.90 Å². The largest absolute Gasteiger partial charge is 0.304 e. The number of benzene rings is 1. The third-order valence-corrected chi connectivity index (χ3v) is 3.36. The van der Waals surface area contributed by atoms with E-state index in [0.29, 0.717) is 6.54 Å². The predicted molar refractivity (Wildman–Crippen MR) is 70.7 cm³/mol. The summed E-state index contributed by atoms with van der Waals surface area (Å²) in [6.45, 7) is 4.73. The number of fused-ring (bicyclic) bond motifs is 1. The molecule has 2 aromatic rings. The molecule has 3 rings (SSSR count). The molecule has 18 heavy (non-hydrogen) atoms. The Bertz CT molecular complexity index is 634. The lowest BCUT2D eigenvalue weighted by Crippen LogP contribution is -2.23. The van der Waals surface area contributed by atoms with E-state index < -0.39 is 0 Å². The first-order valence-electron chi connectivity index (χ1n) is 5.99. The Balaban J connectivity index is 2.04. The molecule has 0 aliphatic carbocycles. The number of aryl methyl sites for hydroxylation is 2. The van der Waals surface area contributed by atoms with Crippen LogP contribution in [0.4, 0.5) is 5.69 Å². The van der Waals surface area contributed by atoms with Crippen LogP contribution in [0.2, 0.25) is 0 Å². The van der Waals surface area contributed by atoms with Crippen molar-refractivity contribution in [2.45, 2.75) is 20.4 Å². The zero-order valence-corrected chi connectivity index (χ0v) is 10.5. The van der Waals surface area contributed by atoms with Gasteiger partial charge in [-0.2, -0.15) is 0 Å². The van der Waals surface area contributed by atoms with Gasteiger partial charge in [0.15, 0.2) is 0 Å². The molecule has 0 bridgehead atoms. The second-order valence-electron chi connectivity index (χ2n) is 4.71. The van der Waals surface area contributed by atoms with Gasteiger partial charge in [0.05, 0.1) is 12.1 Å². The minimum atomic E-state index is 0.0463. The fourth-order valence-corrected chi connectivity index (χ4v) is 2.44. The van der Waals surface area contributed by atoms with Gasteiger partial charge in [-0.3, -0.25) is 9.78 Å². The highest BCUT2D eigenvalue weighted by molar-refractivity contribution is 6.10. The molecule has 0 atom stereocenters. The lowest BCUT2D eigenvalue weighted by Gasteiger charge is -2.18. The third-order valence-electron chi connectivity index (χ3n) is 3.36. The van der Waals surface area contributed by atoms with Crippen molar-refractivity contribution in [3.05, 3.63) is 58.9 Å². The van der Waals surface area contributed by atoms with Crippen molar-refractivity contribution in [3.63, 3.8) is 0 Å². The van der Waals surface area contributed by atoms with Crippen molar-refractivity contribution in [3.8, 4) is 0 Å². The molecule has 90 valence electrons. The molecule has 1 aliphatic heterocycles. The van der Waals surface area contributed by atoms with Crippen LogP contribution in [0, 0.1) is 13.8 Å². The van der Waals surface area contributed by atoms with Crippen molar-refractivity contribution in [1.82, 2.24) is 4.98 Å². The maximum atomic E-state index is 12.3. The number of hydrogen-bond donors (Lipinski definition) is 0. The number of nitrogens with zero attached hydrogens (tertiary/aromatic N) is 2. The Morgan fingerprint density at radius 3 is 2.78 bits per heavy atom. The van der Waals surface area contributed by atoms with Crippen LogP contribution in [0.3, 0.4) is 0 Å². The van der Waals surface area contributed by atoms with Gasteiger partial charge in [0, 0.05) is 18.1 Å². The average molecular weight is 238 g/mol. The Labute approximate surface area is 106 Å². The Morgan fingerprint density at radius 1 is 1.22 bits per heavy atom. The fourth-order valence-electron chi connectivity index (χ4n) is 2.44. The lowest BCUT2D eigenvalue weighted by molar-refractivity contribution is 0.0996. The van der Waals surface area contributed by atoms with E-state index in [1.807, 2.05) is 30.0 Å². The molecule has 0 radical (unpaired) electrons. The molecule has 0 saturated carbocycles. The van der Waals surface area contributed by atoms with Crippen LogP contribution < -0.4 is 4.90 Å². The van der Waals surface area contributed by atoms with E-state index in [0.717, 1.165) is 22.4 Å². The highest BCUT2D eigenvalue weighted by Gasteiger charge is 2.29. The zero-order chi connectivity index (χ0) is 12.7. The first-order valence-corrected chi connectivity index (χ1v) is 5.99. The zero-order valence-electron chi connectivity index (χ0n) is 10.5. The second kappa shape index (κ2) is 3.95. The average Bonchev–Trinajstić information content (AvgIpc) is 2.68. The van der Waals surface area contributed by atoms with Gasteiger partial charge in [0.25, 0.3) is 5.91 Å². The molecule has 1 aromatic carbocycles. The summed E-state index contributed by atoms with van der Waals surface area (Å²) in [5, 5.41) is 0. The van der Waals surface area contributed by atoms with Crippen LogP contribution in [0.5, 0.6) is 0 Å². The van der Waals surface area contributed by atoms with Gasteiger partial charge in [-0.25, -0.2) is 0 Å². The number of carbonyl (C=O) groups is 1. The van der Waals surface area contributed by atoms with E-state index in [1.165, 1.54) is 5.56 Å². The molecule has 1 aliphatic rings. The summed E-state index contributed by atoms with van der Waals surface area (Å²) in [6.07, 6.45) is 3.39. The molecule has 3 heteroatoms. The maximum absolute atomic E-state index is 12.3. The monoisotopic (exact) mass is 238 g/mol. The molecule has 1 aromatic heterocycles. The van der Waals surface area contributed by atoms with Crippen molar-refractivity contribution in [1.29, 1.82) is 0 Å². The number of amides is 1. The van der Waals surface area contributed by atoms with Crippen molar-refractivity contribution >= 4 is 11.6 Å². The van der Waals surface area contributed by atoms with Gasteiger partial charge in [0.2, 0.25) is 0 Å². The molecular weight excluding hydrogens is 224 g/mol. The van der Waals surface area contributed by atoms with Crippen LogP contribution >= 0.6 is 0 Å². The van der Waals surface area contributed by atoms with Gasteiger partial charge in [-0.1, -0.05) is 17.7 Å². The van der Waals surface area contributed by atoms with Crippen molar-refractivity contribution in [2.75, 3.05) is 4.90 Å². The minimum Gasteiger partial charge on any atom is -0.304 e. The van der Waals surface area contributed by atoms with Crippen LogP contribution in [0.1, 0.15) is 27.0 Å². The highest BCUT2D eigenvalue weighted by Crippen LogP contribution is 2.30. The summed E-state index contributed by atoms with van der Waals surface area (Å²) in [4.78, 5) is 18.2. The highest BCUT2D eigenvalue weighted by atomic mass is 16.2. The summed E-state index contributed by atoms with van der Waals surface area (Å²) in [5.41, 5.74) is 5.10. The Hall–Kier alpha value is -2.16. The van der Waals surface area contributed by atoms with Gasteiger partial charge in [0.1, 0.15) is 0 Å². The molecule has 0 fully saturated rings. The SMILES string of the molecule is Cc1ccc(N2Cc3ccncc3C2=O)c(C)c1. The minimum absolute atomic E-state index is 0.0463. The van der Waals surface area contributed by atoms with E-state index in [2.05, 4.69) is 18.0 Å². The molecule has 1 amide bonds. The van der Waals surface area contributed by atoms with Crippen LogP contribution in [0.15, 0.2) is 36.7 Å². The topological polar surface area (TPSA) is 33.2 Å². The number of carbonyl (C=O) groups excluding carboxylic acids is 1. The van der Waals surface area contributed by atoms with Gasteiger partial charge in [-0.15, -0.1) is 0 Å². The number of anilines is 1. The van der Waals surface area contributed by atoms with E-state index >= 15 is 0 Å². The third kappa shape index (κ3) is 1.59. The van der Waals surface area contributed by atoms with Crippen molar-refractivity contribution < 1.29 is 4.79 Å². The summed E-state index contributed by atoms with van der Waals surface area (Å²) >= 11 is 0. The molecule has 2 heterocycles. The molecule has 0 unspecified atom stereocenters. The molecule has 0 spiro atoms. The van der Waals surface area contributed by atoms with E-state index in [-0.39, 0.29) is 5.91 Å². The van der Waals surface area contributed by atoms with Crippen LogP contribution in [0.25, 0.3) is 0 Å². The number of aromatic nitrogens is 1. The molecule has 0 N–H and O–H groups in total. The molecule has 0 saturated heterocycles. The fraction of sp³-hybridized carbons (Fsp3) is 0.200. The number of hydrogen-bond acceptors (Lipinski definition) is 2. The van der Waals surface area contributed by atoms with E-state index in [9.17, 15) is 4.79 Å². The lowest BCUT2D eigenvalue weighted by atomic mass is 10.1. The van der Waals surface area contributed by atoms with E-state index in [4.69, 9.17) is 0 Å². The first-order chi connectivity index (χ1) is 8.66. The summed E-state index contributed by atoms with van der Waals surface area (Å²) in [6, 6.07) is 8.07. The summed E-state index contributed by atoms with van der Waals surface area (Å²) in [7, 11) is 0. The predicted octanol–water partition coefficient (Wildman–Crippen LogP) is 2.86. The van der Waals surface area contributed by atoms with Crippen LogP contribution in [-0.2, 0) is 6.54 Å². The van der Waals surface area contributed by atoms with Crippen molar-refractivity contribution in [2.24, 2.45) is 0 Å². The summed E-state index contributed by atoms with van der Waals surface area (Å²) < 4.78 is 0. The Morgan fingerprint density at radius 2 is 2.06 bits per heavy atom. The first kappa shape index (κ1) is 11.0. The molecular formula is C15H14N2O. The maximum Gasteiger partial charge on any atom is 0.260 e. The molecule has 3 nitrogen and oxygen atoms in total. The van der Waals surface area contributed by atoms with E-state index in [1.54, 1.807) is 12.4 Å². The number of pyridine rings is 1. The quantitative estimate of drug-likeness (QED) is 0.765. The second-order valence-corrected chi connectivity index (χ2v) is 4.71. The van der Waals surface area contributed by atoms with Crippen LogP contribution in [-0.4, -0.2) is 10.9 Å².